The predicted octanol–water partition coefficient (Wildman–Crippen LogP) is 3.75. The number of aliphatic carboxylic acids is 1. The zero-order chi connectivity index (χ0) is 27.4. The minimum atomic E-state index is -1.21. The van der Waals surface area contributed by atoms with Crippen LogP contribution in [-0.2, 0) is 17.9 Å². The molecule has 1 amide bonds. The lowest BCUT2D eigenvalue weighted by Crippen LogP contribution is -2.25. The molecular weight excluding hydrogens is 503 g/mol. The summed E-state index contributed by atoms with van der Waals surface area (Å²) < 4.78 is 42.7. The fourth-order valence-electron chi connectivity index (χ4n) is 4.37. The van der Waals surface area contributed by atoms with Crippen molar-refractivity contribution in [3.63, 3.8) is 0 Å². The minimum Gasteiger partial charge on any atom is -0.481 e. The second-order valence-corrected chi connectivity index (χ2v) is 9.45. The highest BCUT2D eigenvalue weighted by Crippen LogP contribution is 2.43. The number of hydrogen-bond donors (Lipinski definition) is 4. The van der Waals surface area contributed by atoms with Gasteiger partial charge in [0.15, 0.2) is 0 Å². The molecule has 0 aliphatic heterocycles. The maximum absolute atomic E-state index is 14.1. The third-order valence-corrected chi connectivity index (χ3v) is 6.38. The Bertz CT molecular complexity index is 1310. The van der Waals surface area contributed by atoms with Crippen LogP contribution in [0.1, 0.15) is 59.8 Å². The van der Waals surface area contributed by atoms with E-state index in [0.29, 0.717) is 17.1 Å². The molecule has 1 aromatic heterocycles. The third-order valence-electron chi connectivity index (χ3n) is 6.38. The predicted molar refractivity (Wildman–Crippen MR) is 131 cm³/mol. The van der Waals surface area contributed by atoms with E-state index >= 15 is 0 Å². The van der Waals surface area contributed by atoms with Crippen molar-refractivity contribution in [2.24, 2.45) is 0 Å². The standard InChI is InChI=1S/C27H28F3N3O5/c28-18-6-3-16(4-7-18)26-32-24(27(38)31-14-17-5-8-19(29)11-22(17)30)25(15-1-2-15)33(26)10-9-20(34)12-21(35)13-23(36)37/h3-8,11,15,20-21,34-35H,1-2,9-10,12-14H2,(H,31,38)(H,36,37)/t20-,21-/m1/s1. The molecule has 3 aromatic rings. The monoisotopic (exact) mass is 531 g/mol. The fourth-order valence-corrected chi connectivity index (χ4v) is 4.37. The molecule has 1 fully saturated rings. The van der Waals surface area contributed by atoms with Crippen molar-refractivity contribution in [3.05, 3.63) is 76.9 Å². The number of aliphatic hydroxyl groups excluding tert-OH is 2. The number of nitrogens with one attached hydrogen (secondary N) is 1. The van der Waals surface area contributed by atoms with Crippen molar-refractivity contribution in [2.75, 3.05) is 0 Å². The van der Waals surface area contributed by atoms with E-state index in [-0.39, 0.29) is 43.1 Å². The van der Waals surface area contributed by atoms with Gasteiger partial charge in [-0.2, -0.15) is 0 Å². The number of carbonyl (C=O) groups excluding carboxylic acids is 1. The van der Waals surface area contributed by atoms with Crippen LogP contribution < -0.4 is 5.32 Å². The summed E-state index contributed by atoms with van der Waals surface area (Å²) in [4.78, 5) is 28.6. The van der Waals surface area contributed by atoms with Gasteiger partial charge in [0.2, 0.25) is 0 Å². The van der Waals surface area contributed by atoms with Gasteiger partial charge < -0.3 is 25.2 Å². The van der Waals surface area contributed by atoms with Crippen LogP contribution in [0.2, 0.25) is 0 Å². The highest BCUT2D eigenvalue weighted by Gasteiger charge is 2.35. The molecule has 38 heavy (non-hydrogen) atoms. The first-order valence-corrected chi connectivity index (χ1v) is 12.3. The Hall–Kier alpha value is -3.70. The maximum atomic E-state index is 14.1. The van der Waals surface area contributed by atoms with Gasteiger partial charge in [-0.05, 0) is 56.0 Å². The lowest BCUT2D eigenvalue weighted by atomic mass is 10.1. The Morgan fingerprint density at radius 1 is 1.03 bits per heavy atom. The molecule has 2 atom stereocenters. The van der Waals surface area contributed by atoms with Crippen LogP contribution in [0.3, 0.4) is 0 Å². The number of carboxylic acid groups (broad SMARTS) is 1. The molecule has 0 unspecified atom stereocenters. The summed E-state index contributed by atoms with van der Waals surface area (Å²) in [6.45, 7) is 0.0142. The van der Waals surface area contributed by atoms with Gasteiger partial charge in [0.1, 0.15) is 29.0 Å². The topological polar surface area (TPSA) is 125 Å². The van der Waals surface area contributed by atoms with Crippen LogP contribution in [-0.4, -0.2) is 49.0 Å². The van der Waals surface area contributed by atoms with Crippen molar-refractivity contribution in [1.29, 1.82) is 0 Å². The van der Waals surface area contributed by atoms with E-state index in [0.717, 1.165) is 25.0 Å². The molecule has 8 nitrogen and oxygen atoms in total. The van der Waals surface area contributed by atoms with Gasteiger partial charge in [-0.1, -0.05) is 6.07 Å². The van der Waals surface area contributed by atoms with Crippen LogP contribution in [0.4, 0.5) is 13.2 Å². The number of carboxylic acids is 1. The summed E-state index contributed by atoms with van der Waals surface area (Å²) >= 11 is 0. The van der Waals surface area contributed by atoms with Gasteiger partial charge in [0, 0.05) is 36.2 Å². The number of nitrogens with zero attached hydrogens (tertiary/aromatic N) is 2. The first-order valence-electron chi connectivity index (χ1n) is 12.3. The number of carbonyl (C=O) groups is 2. The molecule has 4 N–H and O–H groups in total. The third kappa shape index (κ3) is 6.78. The van der Waals surface area contributed by atoms with E-state index in [4.69, 9.17) is 5.11 Å². The van der Waals surface area contributed by atoms with Crippen molar-refractivity contribution >= 4 is 11.9 Å². The number of amides is 1. The van der Waals surface area contributed by atoms with E-state index in [1.165, 1.54) is 30.3 Å². The van der Waals surface area contributed by atoms with Crippen molar-refractivity contribution < 1.29 is 38.1 Å². The first-order chi connectivity index (χ1) is 18.1. The van der Waals surface area contributed by atoms with Crippen molar-refractivity contribution in [1.82, 2.24) is 14.9 Å². The Morgan fingerprint density at radius 2 is 1.71 bits per heavy atom. The normalized spacial score (nSPS) is 14.8. The van der Waals surface area contributed by atoms with Crippen LogP contribution in [0, 0.1) is 17.5 Å². The second-order valence-electron chi connectivity index (χ2n) is 9.45. The number of hydrogen-bond acceptors (Lipinski definition) is 5. The molecule has 4 rings (SSSR count). The zero-order valence-corrected chi connectivity index (χ0v) is 20.4. The molecule has 1 saturated carbocycles. The molecule has 0 saturated heterocycles. The highest BCUT2D eigenvalue weighted by molar-refractivity contribution is 5.94. The summed E-state index contributed by atoms with van der Waals surface area (Å²) in [6.07, 6.45) is -1.10. The number of imidazole rings is 1. The van der Waals surface area contributed by atoms with E-state index in [2.05, 4.69) is 10.3 Å². The summed E-state index contributed by atoms with van der Waals surface area (Å²) in [7, 11) is 0. The Balaban J connectivity index is 1.61. The zero-order valence-electron chi connectivity index (χ0n) is 20.4. The average molecular weight is 532 g/mol. The second kappa shape index (κ2) is 11.8. The number of aromatic nitrogens is 2. The molecule has 1 heterocycles. The molecule has 0 bridgehead atoms. The number of rotatable bonds is 12. The molecular formula is C27H28F3N3O5. The Kier molecular flexibility index (Phi) is 8.48. The molecule has 1 aliphatic rings. The van der Waals surface area contributed by atoms with Crippen molar-refractivity contribution in [2.45, 2.75) is 63.3 Å². The lowest BCUT2D eigenvalue weighted by molar-refractivity contribution is -0.139. The number of aliphatic hydroxyl groups is 2. The van der Waals surface area contributed by atoms with E-state index in [1.807, 2.05) is 0 Å². The molecule has 202 valence electrons. The number of benzene rings is 2. The van der Waals surface area contributed by atoms with Crippen LogP contribution in [0.25, 0.3) is 11.4 Å². The largest absolute Gasteiger partial charge is 0.481 e. The summed E-state index contributed by atoms with van der Waals surface area (Å²) in [5, 5.41) is 31.8. The van der Waals surface area contributed by atoms with E-state index in [1.54, 1.807) is 4.57 Å². The molecule has 1 aliphatic carbocycles. The maximum Gasteiger partial charge on any atom is 0.305 e. The summed E-state index contributed by atoms with van der Waals surface area (Å²) in [5.41, 5.74) is 1.39. The van der Waals surface area contributed by atoms with Crippen LogP contribution in [0.5, 0.6) is 0 Å². The van der Waals surface area contributed by atoms with Gasteiger partial charge in [-0.25, -0.2) is 18.2 Å². The molecule has 11 heteroatoms. The Labute approximate surface area is 216 Å². The average Bonchev–Trinajstić information content (AvgIpc) is 3.62. The van der Waals surface area contributed by atoms with Gasteiger partial charge in [0.05, 0.1) is 24.3 Å². The van der Waals surface area contributed by atoms with Gasteiger partial charge in [-0.15, -0.1) is 0 Å². The summed E-state index contributed by atoms with van der Waals surface area (Å²) in [5.74, 6) is -3.30. The molecule has 0 spiro atoms. The molecule has 2 aromatic carbocycles. The van der Waals surface area contributed by atoms with Gasteiger partial charge >= 0.3 is 5.97 Å². The Morgan fingerprint density at radius 3 is 2.34 bits per heavy atom. The smallest absolute Gasteiger partial charge is 0.305 e. The highest BCUT2D eigenvalue weighted by atomic mass is 19.1. The van der Waals surface area contributed by atoms with Gasteiger partial charge in [0.25, 0.3) is 5.91 Å². The quantitative estimate of drug-likeness (QED) is 0.282. The summed E-state index contributed by atoms with van der Waals surface area (Å²) in [6, 6.07) is 8.65. The van der Waals surface area contributed by atoms with Crippen molar-refractivity contribution in [3.8, 4) is 11.4 Å². The SMILES string of the molecule is O=C(O)C[C@H](O)C[C@H](O)CCn1c(-c2ccc(F)cc2)nc(C(=O)NCc2ccc(F)cc2F)c1C1CC1. The fraction of sp³-hybridized carbons (Fsp3) is 0.370. The molecule has 0 radical (unpaired) electrons. The number of halogens is 3. The first kappa shape index (κ1) is 27.3. The van der Waals surface area contributed by atoms with Crippen LogP contribution in [0.15, 0.2) is 42.5 Å². The van der Waals surface area contributed by atoms with Gasteiger partial charge in [-0.3, -0.25) is 9.59 Å². The van der Waals surface area contributed by atoms with E-state index < -0.39 is 48.0 Å². The van der Waals surface area contributed by atoms with E-state index in [9.17, 15) is 33.0 Å². The minimum absolute atomic E-state index is 0.0229. The lowest BCUT2D eigenvalue weighted by Gasteiger charge is -2.17. The van der Waals surface area contributed by atoms with Crippen LogP contribution >= 0.6 is 0 Å².